The molecule has 5 nitrogen and oxygen atoms in total. The van der Waals surface area contributed by atoms with E-state index in [0.29, 0.717) is 26.2 Å². The average molecular weight is 340 g/mol. The van der Waals surface area contributed by atoms with Gasteiger partial charge in [0.1, 0.15) is 5.56 Å². The number of hydrogen-bond donors (Lipinski definition) is 0. The number of aryl methyl sites for hydroxylation is 1. The summed E-state index contributed by atoms with van der Waals surface area (Å²) >= 11 is 0. The minimum Gasteiger partial charge on any atom is -0.375 e. The lowest BCUT2D eigenvalue weighted by molar-refractivity contribution is -0.0227. The minimum absolute atomic E-state index is 0.0518. The summed E-state index contributed by atoms with van der Waals surface area (Å²) < 4.78 is 7.21. The molecule has 2 aromatic rings. The lowest BCUT2D eigenvalue weighted by Crippen LogP contribution is -2.47. The molecule has 1 atom stereocenters. The molecular weight excluding hydrogens is 316 g/mol. The van der Waals surface area contributed by atoms with Crippen LogP contribution in [-0.4, -0.2) is 41.2 Å². The van der Waals surface area contributed by atoms with E-state index in [9.17, 15) is 9.59 Å². The predicted molar refractivity (Wildman–Crippen MR) is 96.9 cm³/mol. The number of aromatic nitrogens is 1. The van der Waals surface area contributed by atoms with Crippen LogP contribution in [0.2, 0.25) is 0 Å². The van der Waals surface area contributed by atoms with Crippen molar-refractivity contribution >= 4 is 5.91 Å². The molecule has 1 fully saturated rings. The molecule has 1 aliphatic heterocycles. The van der Waals surface area contributed by atoms with Crippen molar-refractivity contribution in [2.24, 2.45) is 0 Å². The maximum absolute atomic E-state index is 12.8. The number of rotatable bonds is 4. The van der Waals surface area contributed by atoms with E-state index >= 15 is 0 Å². The summed E-state index contributed by atoms with van der Waals surface area (Å²) in [5.74, 6) is -0.203. The van der Waals surface area contributed by atoms with Gasteiger partial charge in [0.15, 0.2) is 0 Å². The Balaban J connectivity index is 1.83. The summed E-state index contributed by atoms with van der Waals surface area (Å²) in [7, 11) is 0. The van der Waals surface area contributed by atoms with E-state index in [2.05, 4.69) is 6.07 Å². The highest BCUT2D eigenvalue weighted by Crippen LogP contribution is 2.11. The van der Waals surface area contributed by atoms with Crippen LogP contribution >= 0.6 is 0 Å². The summed E-state index contributed by atoms with van der Waals surface area (Å²) in [6.45, 7) is 6.12. The summed E-state index contributed by atoms with van der Waals surface area (Å²) in [5.41, 5.74) is 2.18. The third-order valence-corrected chi connectivity index (χ3v) is 4.57. The largest absolute Gasteiger partial charge is 0.375 e. The topological polar surface area (TPSA) is 51.5 Å². The molecule has 25 heavy (non-hydrogen) atoms. The number of morpholine rings is 1. The normalized spacial score (nSPS) is 17.5. The molecule has 0 N–H and O–H groups in total. The van der Waals surface area contributed by atoms with Crippen LogP contribution in [0.3, 0.4) is 0 Å². The Morgan fingerprint density at radius 3 is 2.88 bits per heavy atom. The first-order valence-corrected chi connectivity index (χ1v) is 8.74. The molecular formula is C20H24N2O3. The number of benzene rings is 1. The van der Waals surface area contributed by atoms with Crippen molar-refractivity contribution in [2.45, 2.75) is 32.9 Å². The summed E-state index contributed by atoms with van der Waals surface area (Å²) in [6, 6.07) is 11.4. The van der Waals surface area contributed by atoms with Crippen molar-refractivity contribution in [1.82, 2.24) is 9.47 Å². The van der Waals surface area contributed by atoms with Crippen LogP contribution in [-0.2, 0) is 11.3 Å². The maximum atomic E-state index is 12.8. The first kappa shape index (κ1) is 17.4. The van der Waals surface area contributed by atoms with Crippen LogP contribution in [0.5, 0.6) is 0 Å². The highest BCUT2D eigenvalue weighted by molar-refractivity contribution is 5.93. The second-order valence-electron chi connectivity index (χ2n) is 6.50. The third kappa shape index (κ3) is 3.99. The molecule has 0 bridgehead atoms. The third-order valence-electron chi connectivity index (χ3n) is 4.57. The highest BCUT2D eigenvalue weighted by atomic mass is 16.5. The number of carbonyl (C=O) groups is 1. The summed E-state index contributed by atoms with van der Waals surface area (Å²) in [5, 5.41) is 0. The van der Waals surface area contributed by atoms with Gasteiger partial charge in [0.2, 0.25) is 0 Å². The van der Waals surface area contributed by atoms with Crippen LogP contribution in [0.1, 0.15) is 34.8 Å². The molecule has 2 heterocycles. The van der Waals surface area contributed by atoms with Crippen LogP contribution in [0.25, 0.3) is 0 Å². The van der Waals surface area contributed by atoms with Crippen LogP contribution < -0.4 is 5.56 Å². The lowest BCUT2D eigenvalue weighted by atomic mass is 10.1. The number of carbonyl (C=O) groups excluding carboxylic acids is 1. The second kappa shape index (κ2) is 7.66. The standard InChI is InChI=1S/C20H24N2O3/c1-3-17-14-22(10-11-25-17)20(24)18-8-5-9-21(19(18)23)13-16-7-4-6-15(2)12-16/h4-9,12,17H,3,10-11,13-14H2,1-2H3/t17-/m0/s1. The Labute approximate surface area is 147 Å². The number of ether oxygens (including phenoxy) is 1. The van der Waals surface area contributed by atoms with Gasteiger partial charge in [-0.2, -0.15) is 0 Å². The lowest BCUT2D eigenvalue weighted by Gasteiger charge is -2.32. The van der Waals surface area contributed by atoms with Crippen molar-refractivity contribution in [3.8, 4) is 0 Å². The van der Waals surface area contributed by atoms with Gasteiger partial charge in [0.05, 0.1) is 19.3 Å². The molecule has 3 rings (SSSR count). The quantitative estimate of drug-likeness (QED) is 0.859. The van der Waals surface area contributed by atoms with E-state index in [1.54, 1.807) is 27.8 Å². The Hall–Kier alpha value is -2.40. The van der Waals surface area contributed by atoms with Gasteiger partial charge >= 0.3 is 0 Å². The molecule has 132 valence electrons. The van der Waals surface area contributed by atoms with Gasteiger partial charge in [-0.3, -0.25) is 9.59 Å². The Morgan fingerprint density at radius 1 is 1.28 bits per heavy atom. The predicted octanol–water partition coefficient (Wildman–Crippen LogP) is 2.46. The number of pyridine rings is 1. The SMILES string of the molecule is CC[C@H]1CN(C(=O)c2cccn(Cc3cccc(C)c3)c2=O)CCO1. The number of nitrogens with zero attached hydrogens (tertiary/aromatic N) is 2. The van der Waals surface area contributed by atoms with E-state index in [0.717, 1.165) is 17.5 Å². The Bertz CT molecular complexity index is 813. The van der Waals surface area contributed by atoms with E-state index in [4.69, 9.17) is 4.74 Å². The highest BCUT2D eigenvalue weighted by Gasteiger charge is 2.25. The molecule has 0 unspecified atom stereocenters. The molecule has 1 aromatic heterocycles. The van der Waals surface area contributed by atoms with Crippen molar-refractivity contribution in [1.29, 1.82) is 0 Å². The fourth-order valence-electron chi connectivity index (χ4n) is 3.15. The molecule has 1 amide bonds. The van der Waals surface area contributed by atoms with Gasteiger partial charge in [0.25, 0.3) is 11.5 Å². The molecule has 1 aromatic carbocycles. The van der Waals surface area contributed by atoms with Crippen LogP contribution in [0, 0.1) is 6.92 Å². The fourth-order valence-corrected chi connectivity index (χ4v) is 3.15. The maximum Gasteiger partial charge on any atom is 0.263 e. The summed E-state index contributed by atoms with van der Waals surface area (Å²) in [4.78, 5) is 27.3. The van der Waals surface area contributed by atoms with Gasteiger partial charge in [-0.25, -0.2) is 0 Å². The molecule has 0 saturated carbocycles. The first-order chi connectivity index (χ1) is 12.1. The van der Waals surface area contributed by atoms with Crippen molar-refractivity contribution in [3.05, 3.63) is 69.6 Å². The van der Waals surface area contributed by atoms with E-state index in [-0.39, 0.29) is 23.1 Å². The molecule has 0 aliphatic carbocycles. The smallest absolute Gasteiger partial charge is 0.263 e. The molecule has 0 radical (unpaired) electrons. The zero-order valence-electron chi connectivity index (χ0n) is 14.8. The number of amides is 1. The fraction of sp³-hybridized carbons (Fsp3) is 0.400. The summed E-state index contributed by atoms with van der Waals surface area (Å²) in [6.07, 6.45) is 2.64. The molecule has 1 aliphatic rings. The molecule has 5 heteroatoms. The Kier molecular flexibility index (Phi) is 5.34. The van der Waals surface area contributed by atoms with Gasteiger partial charge in [0, 0.05) is 19.3 Å². The molecule has 1 saturated heterocycles. The van der Waals surface area contributed by atoms with E-state index < -0.39 is 0 Å². The second-order valence-corrected chi connectivity index (χ2v) is 6.50. The first-order valence-electron chi connectivity index (χ1n) is 8.74. The van der Waals surface area contributed by atoms with Crippen molar-refractivity contribution in [3.63, 3.8) is 0 Å². The van der Waals surface area contributed by atoms with Gasteiger partial charge in [-0.15, -0.1) is 0 Å². The van der Waals surface area contributed by atoms with Gasteiger partial charge < -0.3 is 14.2 Å². The van der Waals surface area contributed by atoms with E-state index in [1.165, 1.54) is 0 Å². The van der Waals surface area contributed by atoms with Crippen LogP contribution in [0.4, 0.5) is 0 Å². The minimum atomic E-state index is -0.242. The van der Waals surface area contributed by atoms with Gasteiger partial charge in [-0.1, -0.05) is 36.8 Å². The zero-order valence-corrected chi connectivity index (χ0v) is 14.8. The average Bonchev–Trinajstić information content (AvgIpc) is 2.63. The van der Waals surface area contributed by atoms with Gasteiger partial charge in [-0.05, 0) is 31.0 Å². The molecule has 0 spiro atoms. The monoisotopic (exact) mass is 340 g/mol. The number of hydrogen-bond acceptors (Lipinski definition) is 3. The van der Waals surface area contributed by atoms with Crippen molar-refractivity contribution in [2.75, 3.05) is 19.7 Å². The van der Waals surface area contributed by atoms with E-state index in [1.807, 2.05) is 32.0 Å². The van der Waals surface area contributed by atoms with Crippen molar-refractivity contribution < 1.29 is 9.53 Å². The Morgan fingerprint density at radius 2 is 2.12 bits per heavy atom. The zero-order chi connectivity index (χ0) is 17.8. The van der Waals surface area contributed by atoms with Crippen LogP contribution in [0.15, 0.2) is 47.4 Å².